The molecule has 3 heterocycles. The second-order valence-electron chi connectivity index (χ2n) is 6.60. The van der Waals surface area contributed by atoms with Gasteiger partial charge in [0.1, 0.15) is 6.54 Å². The number of anilines is 1. The number of imide groups is 1. The first-order valence-corrected chi connectivity index (χ1v) is 10.0. The summed E-state index contributed by atoms with van der Waals surface area (Å²) >= 11 is 0.866. The molecule has 1 aromatic heterocycles. The number of benzene rings is 1. The molecule has 2 saturated heterocycles. The van der Waals surface area contributed by atoms with Crippen LogP contribution >= 0.6 is 11.8 Å². The Morgan fingerprint density at radius 2 is 1.69 bits per heavy atom. The van der Waals surface area contributed by atoms with E-state index in [9.17, 15) is 14.4 Å². The molecule has 0 radical (unpaired) electrons. The first kappa shape index (κ1) is 19.1. The molecule has 0 bridgehead atoms. The second kappa shape index (κ2) is 8.44. The van der Waals surface area contributed by atoms with Crippen LogP contribution < -0.4 is 4.90 Å². The minimum Gasteiger partial charge on any atom is -0.338 e. The SMILES string of the molecule is O=C(CN1C(=O)S/C(=C/c2ccccc2)C1=O)N1CCN(c2ncccn2)CC1. The van der Waals surface area contributed by atoms with E-state index in [1.807, 2.05) is 35.2 Å². The van der Waals surface area contributed by atoms with Gasteiger partial charge >= 0.3 is 0 Å². The summed E-state index contributed by atoms with van der Waals surface area (Å²) in [6, 6.07) is 11.1. The molecule has 0 N–H and O–H groups in total. The van der Waals surface area contributed by atoms with E-state index in [1.165, 1.54) is 0 Å². The lowest BCUT2D eigenvalue weighted by Crippen LogP contribution is -2.52. The molecule has 3 amide bonds. The van der Waals surface area contributed by atoms with Gasteiger partial charge in [-0.05, 0) is 29.5 Å². The fourth-order valence-corrected chi connectivity index (χ4v) is 4.02. The van der Waals surface area contributed by atoms with E-state index in [4.69, 9.17) is 0 Å². The summed E-state index contributed by atoms with van der Waals surface area (Å²) in [6.45, 7) is 1.95. The number of thioether (sulfide) groups is 1. The van der Waals surface area contributed by atoms with Crippen LogP contribution in [-0.4, -0.2) is 69.5 Å². The molecule has 2 aliphatic rings. The predicted molar refractivity (Wildman–Crippen MR) is 110 cm³/mol. The number of amides is 3. The summed E-state index contributed by atoms with van der Waals surface area (Å²) in [5, 5.41) is -0.415. The molecular formula is C20H19N5O3S. The summed E-state index contributed by atoms with van der Waals surface area (Å²) < 4.78 is 0. The van der Waals surface area contributed by atoms with Crippen molar-refractivity contribution in [2.45, 2.75) is 0 Å². The zero-order valence-electron chi connectivity index (χ0n) is 15.6. The highest BCUT2D eigenvalue weighted by molar-refractivity contribution is 8.18. The quantitative estimate of drug-likeness (QED) is 0.713. The van der Waals surface area contributed by atoms with E-state index < -0.39 is 11.1 Å². The molecule has 2 aliphatic heterocycles. The first-order valence-electron chi connectivity index (χ1n) is 9.22. The Kier molecular flexibility index (Phi) is 5.57. The lowest BCUT2D eigenvalue weighted by molar-refractivity contribution is -0.136. The number of piperazine rings is 1. The Morgan fingerprint density at radius 1 is 1.00 bits per heavy atom. The standard InChI is InChI=1S/C20H19N5O3S/c26-17(23-9-11-24(12-10-23)19-21-7-4-8-22-19)14-25-18(27)16(29-20(25)28)13-15-5-2-1-3-6-15/h1-8,13H,9-12,14H2/b16-13+. The third-order valence-electron chi connectivity index (χ3n) is 4.73. The molecule has 0 unspecified atom stereocenters. The third-order valence-corrected chi connectivity index (χ3v) is 5.64. The monoisotopic (exact) mass is 409 g/mol. The van der Waals surface area contributed by atoms with Gasteiger partial charge < -0.3 is 9.80 Å². The van der Waals surface area contributed by atoms with Crippen LogP contribution in [0.4, 0.5) is 10.7 Å². The van der Waals surface area contributed by atoms with E-state index in [0.29, 0.717) is 37.0 Å². The Bertz CT molecular complexity index is 943. The first-order chi connectivity index (χ1) is 14.1. The van der Waals surface area contributed by atoms with Gasteiger partial charge in [0.05, 0.1) is 4.91 Å². The third kappa shape index (κ3) is 4.29. The molecule has 2 fully saturated rings. The van der Waals surface area contributed by atoms with Crippen LogP contribution in [0.2, 0.25) is 0 Å². The zero-order chi connectivity index (χ0) is 20.2. The van der Waals surface area contributed by atoms with Crippen molar-refractivity contribution in [2.75, 3.05) is 37.6 Å². The Balaban J connectivity index is 1.36. The topological polar surface area (TPSA) is 86.7 Å². The van der Waals surface area contributed by atoms with E-state index >= 15 is 0 Å². The smallest absolute Gasteiger partial charge is 0.294 e. The van der Waals surface area contributed by atoms with Crippen LogP contribution in [0.5, 0.6) is 0 Å². The number of hydrogen-bond donors (Lipinski definition) is 0. The van der Waals surface area contributed by atoms with Crippen LogP contribution in [0, 0.1) is 0 Å². The number of nitrogens with zero attached hydrogens (tertiary/aromatic N) is 5. The van der Waals surface area contributed by atoms with E-state index in [-0.39, 0.29) is 12.5 Å². The molecule has 148 valence electrons. The molecule has 0 atom stereocenters. The molecule has 1 aromatic carbocycles. The highest BCUT2D eigenvalue weighted by atomic mass is 32.2. The molecule has 29 heavy (non-hydrogen) atoms. The van der Waals surface area contributed by atoms with Crippen molar-refractivity contribution < 1.29 is 14.4 Å². The lowest BCUT2D eigenvalue weighted by atomic mass is 10.2. The van der Waals surface area contributed by atoms with Crippen molar-refractivity contribution in [3.8, 4) is 0 Å². The number of carbonyl (C=O) groups excluding carboxylic acids is 3. The number of aromatic nitrogens is 2. The van der Waals surface area contributed by atoms with Crippen LogP contribution in [0.1, 0.15) is 5.56 Å². The van der Waals surface area contributed by atoms with Gasteiger partial charge in [0.25, 0.3) is 11.1 Å². The number of hydrogen-bond acceptors (Lipinski definition) is 7. The van der Waals surface area contributed by atoms with Crippen molar-refractivity contribution in [3.63, 3.8) is 0 Å². The van der Waals surface area contributed by atoms with Crippen LogP contribution in [-0.2, 0) is 9.59 Å². The zero-order valence-corrected chi connectivity index (χ0v) is 16.4. The molecule has 0 spiro atoms. The van der Waals surface area contributed by atoms with Gasteiger partial charge in [0.2, 0.25) is 11.9 Å². The van der Waals surface area contributed by atoms with Crippen LogP contribution in [0.3, 0.4) is 0 Å². The molecule has 0 aliphatic carbocycles. The van der Waals surface area contributed by atoms with Gasteiger partial charge in [-0.15, -0.1) is 0 Å². The van der Waals surface area contributed by atoms with Gasteiger partial charge in [0.15, 0.2) is 0 Å². The summed E-state index contributed by atoms with van der Waals surface area (Å²) in [5.74, 6) is -0.0213. The van der Waals surface area contributed by atoms with Crippen molar-refractivity contribution in [2.24, 2.45) is 0 Å². The largest absolute Gasteiger partial charge is 0.338 e. The summed E-state index contributed by atoms with van der Waals surface area (Å²) in [4.78, 5) is 51.0. The Hall–Kier alpha value is -3.20. The fraction of sp³-hybridized carbons (Fsp3) is 0.250. The maximum Gasteiger partial charge on any atom is 0.294 e. The van der Waals surface area contributed by atoms with E-state index in [0.717, 1.165) is 22.2 Å². The molecule has 9 heteroatoms. The van der Waals surface area contributed by atoms with Gasteiger partial charge in [-0.1, -0.05) is 30.3 Å². The molecule has 8 nitrogen and oxygen atoms in total. The second-order valence-corrected chi connectivity index (χ2v) is 7.59. The summed E-state index contributed by atoms with van der Waals surface area (Å²) in [7, 11) is 0. The average molecular weight is 409 g/mol. The maximum atomic E-state index is 12.7. The van der Waals surface area contributed by atoms with Gasteiger partial charge in [-0.25, -0.2) is 9.97 Å². The van der Waals surface area contributed by atoms with Crippen LogP contribution in [0.25, 0.3) is 6.08 Å². The molecule has 0 saturated carbocycles. The summed E-state index contributed by atoms with van der Waals surface area (Å²) in [5.41, 5.74) is 0.837. The predicted octanol–water partition coefficient (Wildman–Crippen LogP) is 1.86. The lowest BCUT2D eigenvalue weighted by Gasteiger charge is -2.35. The van der Waals surface area contributed by atoms with E-state index in [1.54, 1.807) is 29.4 Å². The minimum atomic E-state index is -0.423. The van der Waals surface area contributed by atoms with Crippen molar-refractivity contribution in [3.05, 3.63) is 59.3 Å². The van der Waals surface area contributed by atoms with E-state index in [2.05, 4.69) is 9.97 Å². The molecule has 2 aromatic rings. The minimum absolute atomic E-state index is 0.234. The number of rotatable bonds is 4. The normalized spacial score (nSPS) is 18.6. The van der Waals surface area contributed by atoms with Crippen molar-refractivity contribution in [1.29, 1.82) is 0 Å². The average Bonchev–Trinajstić information content (AvgIpc) is 3.02. The Labute approximate surface area is 172 Å². The van der Waals surface area contributed by atoms with Crippen molar-refractivity contribution >= 4 is 40.8 Å². The summed E-state index contributed by atoms with van der Waals surface area (Å²) in [6.07, 6.45) is 5.04. The van der Waals surface area contributed by atoms with Gasteiger partial charge in [0, 0.05) is 38.6 Å². The fourth-order valence-electron chi connectivity index (χ4n) is 3.18. The van der Waals surface area contributed by atoms with Gasteiger partial charge in [-0.2, -0.15) is 0 Å². The highest BCUT2D eigenvalue weighted by Gasteiger charge is 2.37. The van der Waals surface area contributed by atoms with Crippen LogP contribution in [0.15, 0.2) is 53.7 Å². The molecule has 4 rings (SSSR count). The highest BCUT2D eigenvalue weighted by Crippen LogP contribution is 2.32. The molecular weight excluding hydrogens is 390 g/mol. The van der Waals surface area contributed by atoms with Crippen molar-refractivity contribution in [1.82, 2.24) is 19.8 Å². The van der Waals surface area contributed by atoms with Gasteiger partial charge in [-0.3, -0.25) is 19.3 Å². The maximum absolute atomic E-state index is 12.7. The Morgan fingerprint density at radius 3 is 2.38 bits per heavy atom. The number of carbonyl (C=O) groups is 3.